The van der Waals surface area contributed by atoms with E-state index in [1.807, 2.05) is 0 Å². The summed E-state index contributed by atoms with van der Waals surface area (Å²) in [6.45, 7) is 0.975. The van der Waals surface area contributed by atoms with Gasteiger partial charge in [-0.25, -0.2) is 13.1 Å². The van der Waals surface area contributed by atoms with E-state index in [0.717, 1.165) is 43.7 Å². The summed E-state index contributed by atoms with van der Waals surface area (Å²) in [6.07, 6.45) is -1.50. The predicted molar refractivity (Wildman–Crippen MR) is 72.3 cm³/mol. The SMILES string of the molecule is O=S(=O)(NCCCNC1CC1)c1ccc(C(F)(F)F)cc1. The number of halogens is 3. The second-order valence-electron chi connectivity index (χ2n) is 5.00. The molecule has 0 aliphatic heterocycles. The molecule has 1 aromatic rings. The summed E-state index contributed by atoms with van der Waals surface area (Å²) in [5.74, 6) is 0. The van der Waals surface area contributed by atoms with Crippen LogP contribution >= 0.6 is 0 Å². The van der Waals surface area contributed by atoms with E-state index < -0.39 is 21.8 Å². The van der Waals surface area contributed by atoms with Gasteiger partial charge in [0.05, 0.1) is 10.5 Å². The Morgan fingerprint density at radius 1 is 1.10 bits per heavy atom. The fourth-order valence-corrected chi connectivity index (χ4v) is 2.87. The molecule has 4 nitrogen and oxygen atoms in total. The van der Waals surface area contributed by atoms with Crippen LogP contribution in [0.25, 0.3) is 0 Å². The molecule has 0 bridgehead atoms. The summed E-state index contributed by atoms with van der Waals surface area (Å²) in [6, 6.07) is 4.03. The Morgan fingerprint density at radius 3 is 2.24 bits per heavy atom. The van der Waals surface area contributed by atoms with Crippen molar-refractivity contribution in [3.05, 3.63) is 29.8 Å². The van der Waals surface area contributed by atoms with Crippen LogP contribution in [0.5, 0.6) is 0 Å². The van der Waals surface area contributed by atoms with Gasteiger partial charge in [-0.2, -0.15) is 13.2 Å². The number of benzene rings is 1. The maximum atomic E-state index is 12.4. The first kappa shape index (κ1) is 16.3. The number of hydrogen-bond donors (Lipinski definition) is 2. The molecular formula is C13H17F3N2O2S. The Morgan fingerprint density at radius 2 is 1.71 bits per heavy atom. The summed E-state index contributed by atoms with van der Waals surface area (Å²) >= 11 is 0. The van der Waals surface area contributed by atoms with Gasteiger partial charge in [-0.1, -0.05) is 0 Å². The first-order valence-electron chi connectivity index (χ1n) is 6.69. The summed E-state index contributed by atoms with van der Waals surface area (Å²) in [5.41, 5.74) is -0.866. The Bertz CT molecular complexity index is 566. The third kappa shape index (κ3) is 4.98. The molecule has 21 heavy (non-hydrogen) atoms. The molecule has 0 heterocycles. The van der Waals surface area contributed by atoms with Gasteiger partial charge in [-0.15, -0.1) is 0 Å². The molecule has 0 amide bonds. The second kappa shape index (κ2) is 6.33. The third-order valence-electron chi connectivity index (χ3n) is 3.15. The first-order valence-corrected chi connectivity index (χ1v) is 8.18. The fraction of sp³-hybridized carbons (Fsp3) is 0.538. The van der Waals surface area contributed by atoms with E-state index in [1.165, 1.54) is 0 Å². The molecule has 1 aromatic carbocycles. The van der Waals surface area contributed by atoms with Crippen LogP contribution in [0.2, 0.25) is 0 Å². The van der Waals surface area contributed by atoms with E-state index in [2.05, 4.69) is 10.0 Å². The zero-order valence-corrected chi connectivity index (χ0v) is 12.1. The average molecular weight is 322 g/mol. The maximum absolute atomic E-state index is 12.4. The molecule has 0 spiro atoms. The number of alkyl halides is 3. The van der Waals surface area contributed by atoms with Crippen molar-refractivity contribution in [2.45, 2.75) is 36.4 Å². The van der Waals surface area contributed by atoms with Crippen LogP contribution in [-0.2, 0) is 16.2 Å². The molecule has 1 aliphatic rings. The minimum absolute atomic E-state index is 0.161. The van der Waals surface area contributed by atoms with Crippen molar-refractivity contribution in [1.82, 2.24) is 10.0 Å². The molecule has 118 valence electrons. The van der Waals surface area contributed by atoms with Crippen molar-refractivity contribution in [2.75, 3.05) is 13.1 Å². The van der Waals surface area contributed by atoms with Crippen LogP contribution in [0.1, 0.15) is 24.8 Å². The van der Waals surface area contributed by atoms with Crippen LogP contribution in [0, 0.1) is 0 Å². The van der Waals surface area contributed by atoms with Crippen molar-refractivity contribution >= 4 is 10.0 Å². The third-order valence-corrected chi connectivity index (χ3v) is 4.62. The number of rotatable bonds is 7. The van der Waals surface area contributed by atoms with Crippen molar-refractivity contribution in [2.24, 2.45) is 0 Å². The molecule has 0 atom stereocenters. The lowest BCUT2D eigenvalue weighted by Crippen LogP contribution is -2.28. The van der Waals surface area contributed by atoms with Gasteiger partial charge in [-0.3, -0.25) is 0 Å². The van der Waals surface area contributed by atoms with E-state index in [1.54, 1.807) is 0 Å². The minimum Gasteiger partial charge on any atom is -0.314 e. The van der Waals surface area contributed by atoms with Gasteiger partial charge in [0.1, 0.15) is 0 Å². The zero-order chi connectivity index (χ0) is 15.5. The smallest absolute Gasteiger partial charge is 0.314 e. The molecular weight excluding hydrogens is 305 g/mol. The van der Waals surface area contributed by atoms with Gasteiger partial charge in [-0.05, 0) is 50.1 Å². The number of hydrogen-bond acceptors (Lipinski definition) is 3. The molecule has 1 fully saturated rings. The van der Waals surface area contributed by atoms with Crippen LogP contribution in [0.3, 0.4) is 0 Å². The van der Waals surface area contributed by atoms with E-state index in [4.69, 9.17) is 0 Å². The maximum Gasteiger partial charge on any atom is 0.416 e. The molecule has 2 N–H and O–H groups in total. The lowest BCUT2D eigenvalue weighted by Gasteiger charge is -2.09. The molecule has 8 heteroatoms. The van der Waals surface area contributed by atoms with Crippen molar-refractivity contribution in [3.63, 3.8) is 0 Å². The zero-order valence-electron chi connectivity index (χ0n) is 11.3. The van der Waals surface area contributed by atoms with Crippen molar-refractivity contribution < 1.29 is 21.6 Å². The molecule has 1 aliphatic carbocycles. The average Bonchev–Trinajstić information content (AvgIpc) is 3.21. The molecule has 0 radical (unpaired) electrons. The quantitative estimate of drug-likeness (QED) is 0.756. The Kier molecular flexibility index (Phi) is 4.90. The molecule has 0 saturated heterocycles. The lowest BCUT2D eigenvalue weighted by atomic mass is 10.2. The Balaban J connectivity index is 1.86. The van der Waals surface area contributed by atoms with E-state index in [9.17, 15) is 21.6 Å². The first-order chi connectivity index (χ1) is 9.79. The van der Waals surface area contributed by atoms with Crippen molar-refractivity contribution in [1.29, 1.82) is 0 Å². The van der Waals surface area contributed by atoms with E-state index >= 15 is 0 Å². The highest BCUT2D eigenvalue weighted by molar-refractivity contribution is 7.89. The van der Waals surface area contributed by atoms with Crippen LogP contribution < -0.4 is 10.0 Å². The lowest BCUT2D eigenvalue weighted by molar-refractivity contribution is -0.137. The predicted octanol–water partition coefficient (Wildman–Crippen LogP) is 2.13. The summed E-state index contributed by atoms with van der Waals surface area (Å²) < 4.78 is 63.4. The standard InChI is InChI=1S/C13H17F3N2O2S/c14-13(15,16)10-2-6-12(7-3-10)21(19,20)18-9-1-8-17-11-4-5-11/h2-3,6-7,11,17-18H,1,4-5,8-9H2. The second-order valence-corrected chi connectivity index (χ2v) is 6.77. The number of sulfonamides is 1. The molecule has 0 unspecified atom stereocenters. The van der Waals surface area contributed by atoms with Gasteiger partial charge in [0.25, 0.3) is 0 Å². The normalized spacial score (nSPS) is 16.1. The van der Waals surface area contributed by atoms with Crippen LogP contribution in [0.15, 0.2) is 29.2 Å². The monoisotopic (exact) mass is 322 g/mol. The van der Waals surface area contributed by atoms with Gasteiger partial charge < -0.3 is 5.32 Å². The summed E-state index contributed by atoms with van der Waals surface area (Å²) in [5, 5.41) is 3.25. The topological polar surface area (TPSA) is 58.2 Å². The van der Waals surface area contributed by atoms with E-state index in [0.29, 0.717) is 12.5 Å². The van der Waals surface area contributed by atoms with Crippen LogP contribution in [0.4, 0.5) is 13.2 Å². The molecule has 0 aromatic heterocycles. The largest absolute Gasteiger partial charge is 0.416 e. The fourth-order valence-electron chi connectivity index (χ4n) is 1.79. The molecule has 1 saturated carbocycles. The highest BCUT2D eigenvalue weighted by atomic mass is 32.2. The number of nitrogens with one attached hydrogen (secondary N) is 2. The summed E-state index contributed by atoms with van der Waals surface area (Å²) in [4.78, 5) is -0.161. The van der Waals surface area contributed by atoms with Gasteiger partial charge >= 0.3 is 6.18 Å². The Labute approximate surface area is 121 Å². The van der Waals surface area contributed by atoms with Crippen LogP contribution in [-0.4, -0.2) is 27.5 Å². The highest BCUT2D eigenvalue weighted by Crippen LogP contribution is 2.29. The van der Waals surface area contributed by atoms with Gasteiger partial charge in [0.2, 0.25) is 10.0 Å². The van der Waals surface area contributed by atoms with Gasteiger partial charge in [0.15, 0.2) is 0 Å². The highest BCUT2D eigenvalue weighted by Gasteiger charge is 2.30. The van der Waals surface area contributed by atoms with Crippen molar-refractivity contribution in [3.8, 4) is 0 Å². The molecule has 2 rings (SSSR count). The van der Waals surface area contributed by atoms with E-state index in [-0.39, 0.29) is 11.4 Å². The van der Waals surface area contributed by atoms with Gasteiger partial charge in [0, 0.05) is 12.6 Å². The summed E-state index contributed by atoms with van der Waals surface area (Å²) in [7, 11) is -3.75. The minimum atomic E-state index is -4.47. The Hall–Kier alpha value is -1.12.